The lowest BCUT2D eigenvalue weighted by atomic mass is 9.95. The lowest BCUT2D eigenvalue weighted by Gasteiger charge is -2.24. The number of Topliss-reactive ketones (excluding diaryl/α,β-unsaturated/α-hetero) is 1. The van der Waals surface area contributed by atoms with E-state index in [1.165, 1.54) is 24.4 Å². The highest BCUT2D eigenvalue weighted by molar-refractivity contribution is 6.51. The van der Waals surface area contributed by atoms with Crippen LogP contribution in [0.15, 0.2) is 78.5 Å². The number of aromatic nitrogens is 1. The summed E-state index contributed by atoms with van der Waals surface area (Å²) >= 11 is 0. The molecular formula is C25H21N3O6. The van der Waals surface area contributed by atoms with Crippen LogP contribution in [-0.2, 0) is 9.59 Å². The van der Waals surface area contributed by atoms with Gasteiger partial charge in [-0.05, 0) is 48.4 Å². The third-order valence-electron chi connectivity index (χ3n) is 5.34. The number of aliphatic hydroxyl groups is 1. The van der Waals surface area contributed by atoms with Crippen LogP contribution in [0.1, 0.15) is 30.5 Å². The molecule has 4 rings (SSSR count). The van der Waals surface area contributed by atoms with Gasteiger partial charge in [-0.2, -0.15) is 0 Å². The number of aliphatic hydroxyl groups excluding tert-OH is 1. The van der Waals surface area contributed by atoms with Crippen molar-refractivity contribution < 1.29 is 24.4 Å². The lowest BCUT2D eigenvalue weighted by molar-refractivity contribution is -0.384. The second-order valence-electron chi connectivity index (χ2n) is 7.58. The molecule has 2 heterocycles. The van der Waals surface area contributed by atoms with Gasteiger partial charge in [-0.3, -0.25) is 24.6 Å². The van der Waals surface area contributed by atoms with E-state index in [0.29, 0.717) is 23.5 Å². The molecule has 1 aliphatic rings. The number of nitro groups is 1. The fourth-order valence-corrected chi connectivity index (χ4v) is 3.77. The van der Waals surface area contributed by atoms with Gasteiger partial charge >= 0.3 is 5.91 Å². The SMILES string of the molecule is CCCOc1ccc(C(O)=C2C(=O)C(=O)N(c3ccccn3)C2c2cccc([N+](=O)[O-])c2)cc1. The molecule has 0 bridgehead atoms. The lowest BCUT2D eigenvalue weighted by Crippen LogP contribution is -2.30. The number of hydrogen-bond acceptors (Lipinski definition) is 7. The Bertz CT molecular complexity index is 1270. The summed E-state index contributed by atoms with van der Waals surface area (Å²) in [5, 5.41) is 22.5. The van der Waals surface area contributed by atoms with Gasteiger partial charge in [0.15, 0.2) is 0 Å². The molecule has 1 unspecified atom stereocenters. The Kier molecular flexibility index (Phi) is 6.35. The highest BCUT2D eigenvalue weighted by Gasteiger charge is 2.47. The van der Waals surface area contributed by atoms with E-state index in [-0.39, 0.29) is 17.1 Å². The van der Waals surface area contributed by atoms with Gasteiger partial charge in [0.2, 0.25) is 0 Å². The number of ether oxygens (including phenoxy) is 1. The van der Waals surface area contributed by atoms with E-state index in [0.717, 1.165) is 11.3 Å². The number of rotatable bonds is 7. The van der Waals surface area contributed by atoms with Gasteiger partial charge in [0.25, 0.3) is 11.5 Å². The van der Waals surface area contributed by atoms with Crippen LogP contribution in [0.4, 0.5) is 11.5 Å². The zero-order valence-corrected chi connectivity index (χ0v) is 18.2. The molecule has 1 saturated heterocycles. The molecule has 0 radical (unpaired) electrons. The number of non-ortho nitro benzene ring substituents is 1. The molecule has 0 aliphatic carbocycles. The van der Waals surface area contributed by atoms with E-state index in [2.05, 4.69) is 4.98 Å². The third kappa shape index (κ3) is 4.23. The number of carbonyl (C=O) groups is 2. The zero-order valence-electron chi connectivity index (χ0n) is 18.2. The van der Waals surface area contributed by atoms with Crippen LogP contribution in [0.25, 0.3) is 5.76 Å². The Labute approximate surface area is 195 Å². The summed E-state index contributed by atoms with van der Waals surface area (Å²) in [6, 6.07) is 15.8. The molecule has 172 valence electrons. The van der Waals surface area contributed by atoms with Crippen molar-refractivity contribution in [1.82, 2.24) is 4.98 Å². The number of carbonyl (C=O) groups excluding carboxylic acids is 2. The average molecular weight is 459 g/mol. The molecule has 2 aromatic carbocycles. The number of benzene rings is 2. The maximum atomic E-state index is 13.1. The second kappa shape index (κ2) is 9.53. The van der Waals surface area contributed by atoms with Gasteiger partial charge in [-0.1, -0.05) is 25.1 Å². The first-order valence-corrected chi connectivity index (χ1v) is 10.6. The summed E-state index contributed by atoms with van der Waals surface area (Å²) in [7, 11) is 0. The molecule has 1 fully saturated rings. The second-order valence-corrected chi connectivity index (χ2v) is 7.58. The number of anilines is 1. The Morgan fingerprint density at radius 1 is 1.12 bits per heavy atom. The van der Waals surface area contributed by atoms with Gasteiger partial charge in [0, 0.05) is 23.9 Å². The molecule has 1 amide bonds. The topological polar surface area (TPSA) is 123 Å². The summed E-state index contributed by atoms with van der Waals surface area (Å²) in [6.07, 6.45) is 2.30. The highest BCUT2D eigenvalue weighted by Crippen LogP contribution is 2.42. The van der Waals surface area contributed by atoms with Crippen molar-refractivity contribution in [3.63, 3.8) is 0 Å². The van der Waals surface area contributed by atoms with Crippen molar-refractivity contribution in [1.29, 1.82) is 0 Å². The number of amides is 1. The molecule has 0 spiro atoms. The molecule has 0 saturated carbocycles. The molecule has 1 aliphatic heterocycles. The maximum absolute atomic E-state index is 13.1. The number of nitro benzene ring substituents is 1. The van der Waals surface area contributed by atoms with Crippen LogP contribution in [0.2, 0.25) is 0 Å². The van der Waals surface area contributed by atoms with Gasteiger partial charge in [0.1, 0.15) is 17.3 Å². The molecule has 9 nitrogen and oxygen atoms in total. The minimum Gasteiger partial charge on any atom is -0.507 e. The first-order valence-electron chi connectivity index (χ1n) is 10.6. The molecule has 3 aromatic rings. The minimum atomic E-state index is -1.11. The van der Waals surface area contributed by atoms with Crippen LogP contribution in [0.5, 0.6) is 5.75 Å². The summed E-state index contributed by atoms with van der Waals surface area (Å²) in [5.74, 6) is -1.41. The molecule has 1 N–H and O–H groups in total. The Hall–Kier alpha value is -4.53. The predicted molar refractivity (Wildman–Crippen MR) is 124 cm³/mol. The van der Waals surface area contributed by atoms with Crippen LogP contribution in [-0.4, -0.2) is 33.3 Å². The predicted octanol–water partition coefficient (Wildman–Crippen LogP) is 4.40. The molecule has 1 atom stereocenters. The first-order chi connectivity index (χ1) is 16.4. The van der Waals surface area contributed by atoms with Gasteiger partial charge in [-0.15, -0.1) is 0 Å². The summed E-state index contributed by atoms with van der Waals surface area (Å²) in [6.45, 7) is 2.52. The fraction of sp³-hybridized carbons (Fsp3) is 0.160. The Morgan fingerprint density at radius 3 is 2.53 bits per heavy atom. The van der Waals surface area contributed by atoms with E-state index in [9.17, 15) is 24.8 Å². The van der Waals surface area contributed by atoms with Crippen LogP contribution >= 0.6 is 0 Å². The van der Waals surface area contributed by atoms with Crippen molar-refractivity contribution in [2.45, 2.75) is 19.4 Å². The van der Waals surface area contributed by atoms with Crippen molar-refractivity contribution in [3.8, 4) is 5.75 Å². The zero-order chi connectivity index (χ0) is 24.2. The van der Waals surface area contributed by atoms with E-state index in [4.69, 9.17) is 4.74 Å². The summed E-state index contributed by atoms with van der Waals surface area (Å²) in [4.78, 5) is 42.3. The number of hydrogen-bond donors (Lipinski definition) is 1. The monoisotopic (exact) mass is 459 g/mol. The molecule has 9 heteroatoms. The quantitative estimate of drug-likeness (QED) is 0.183. The average Bonchev–Trinajstić information content (AvgIpc) is 3.13. The maximum Gasteiger partial charge on any atom is 0.301 e. The van der Waals surface area contributed by atoms with Crippen molar-refractivity contribution in [3.05, 3.63) is 99.7 Å². The van der Waals surface area contributed by atoms with Gasteiger partial charge < -0.3 is 9.84 Å². The fourth-order valence-electron chi connectivity index (χ4n) is 3.77. The van der Waals surface area contributed by atoms with Crippen molar-refractivity contribution in [2.24, 2.45) is 0 Å². The van der Waals surface area contributed by atoms with Crippen LogP contribution in [0, 0.1) is 10.1 Å². The summed E-state index contributed by atoms with van der Waals surface area (Å²) in [5.41, 5.74) is 0.210. The minimum absolute atomic E-state index is 0.182. The summed E-state index contributed by atoms with van der Waals surface area (Å²) < 4.78 is 5.56. The third-order valence-corrected chi connectivity index (χ3v) is 5.34. The molecular weight excluding hydrogens is 438 g/mol. The standard InChI is InChI=1S/C25H21N3O6/c1-2-14-34-19-11-9-16(10-12-19)23(29)21-22(17-6-5-7-18(15-17)28(32)33)27(25(31)24(21)30)20-8-3-4-13-26-20/h3-13,15,22,29H,2,14H2,1H3. The smallest absolute Gasteiger partial charge is 0.301 e. The molecule has 34 heavy (non-hydrogen) atoms. The Morgan fingerprint density at radius 2 is 1.88 bits per heavy atom. The van der Waals surface area contributed by atoms with Crippen molar-refractivity contribution in [2.75, 3.05) is 11.5 Å². The number of nitrogens with zero attached hydrogens (tertiary/aromatic N) is 3. The van der Waals surface area contributed by atoms with E-state index in [1.54, 1.807) is 48.5 Å². The van der Waals surface area contributed by atoms with Crippen LogP contribution < -0.4 is 9.64 Å². The molecule has 1 aromatic heterocycles. The van der Waals surface area contributed by atoms with Crippen molar-refractivity contribution >= 4 is 29.0 Å². The normalized spacial score (nSPS) is 17.1. The number of pyridine rings is 1. The van der Waals surface area contributed by atoms with E-state index >= 15 is 0 Å². The first kappa shape index (κ1) is 22.7. The largest absolute Gasteiger partial charge is 0.507 e. The van der Waals surface area contributed by atoms with Gasteiger partial charge in [-0.25, -0.2) is 4.98 Å². The van der Waals surface area contributed by atoms with E-state index < -0.39 is 28.4 Å². The Balaban J connectivity index is 1.87. The highest BCUT2D eigenvalue weighted by atomic mass is 16.6. The van der Waals surface area contributed by atoms with Crippen LogP contribution in [0.3, 0.4) is 0 Å². The number of ketones is 1. The van der Waals surface area contributed by atoms with Gasteiger partial charge in [0.05, 0.1) is 23.1 Å². The van der Waals surface area contributed by atoms with E-state index in [1.807, 2.05) is 6.92 Å².